The van der Waals surface area contributed by atoms with Crippen LogP contribution >= 0.6 is 0 Å². The second kappa shape index (κ2) is 6.85. The lowest BCUT2D eigenvalue weighted by Crippen LogP contribution is -2.26. The van der Waals surface area contributed by atoms with E-state index in [2.05, 4.69) is 16.5 Å². The molecule has 116 valence electrons. The van der Waals surface area contributed by atoms with Crippen molar-refractivity contribution in [3.8, 4) is 0 Å². The van der Waals surface area contributed by atoms with Crippen LogP contribution in [0, 0.1) is 5.82 Å². The molecule has 0 aliphatic carbocycles. The molecule has 22 heavy (non-hydrogen) atoms. The van der Waals surface area contributed by atoms with Crippen LogP contribution in [0.25, 0.3) is 0 Å². The molecule has 0 fully saturated rings. The van der Waals surface area contributed by atoms with Gasteiger partial charge in [-0.15, -0.1) is 0 Å². The molecule has 1 aliphatic heterocycles. The molecular formula is C17H20FN3O. The number of rotatable bonds is 5. The molecule has 2 aromatic rings. The molecule has 1 unspecified atom stereocenters. The van der Waals surface area contributed by atoms with Gasteiger partial charge in [0.25, 0.3) is 0 Å². The van der Waals surface area contributed by atoms with Crippen molar-refractivity contribution in [2.24, 2.45) is 7.05 Å². The zero-order valence-corrected chi connectivity index (χ0v) is 12.6. The highest BCUT2D eigenvalue weighted by Crippen LogP contribution is 2.22. The fourth-order valence-electron chi connectivity index (χ4n) is 2.64. The SMILES string of the molecule is Cn1cc(C(NCC2=CCCOC2)c2ccc(F)cc2)cn1. The number of halogens is 1. The van der Waals surface area contributed by atoms with Crippen LogP contribution in [-0.4, -0.2) is 29.5 Å². The fourth-order valence-corrected chi connectivity index (χ4v) is 2.64. The summed E-state index contributed by atoms with van der Waals surface area (Å²) in [4.78, 5) is 0. The molecule has 4 nitrogen and oxygen atoms in total. The topological polar surface area (TPSA) is 39.1 Å². The summed E-state index contributed by atoms with van der Waals surface area (Å²) in [6.45, 7) is 2.22. The van der Waals surface area contributed by atoms with Crippen molar-refractivity contribution in [3.05, 3.63) is 65.3 Å². The molecule has 0 spiro atoms. The Kier molecular flexibility index (Phi) is 4.65. The summed E-state index contributed by atoms with van der Waals surface area (Å²) in [5, 5.41) is 7.77. The Morgan fingerprint density at radius 2 is 2.14 bits per heavy atom. The van der Waals surface area contributed by atoms with Gasteiger partial charge in [-0.2, -0.15) is 5.10 Å². The van der Waals surface area contributed by atoms with E-state index < -0.39 is 0 Å². The standard InChI is InChI=1S/C17H20FN3O/c1-21-11-15(10-20-21)17(14-4-6-16(18)7-5-14)19-9-13-3-2-8-22-12-13/h3-7,10-11,17,19H,2,8-9,12H2,1H3. The maximum atomic E-state index is 13.2. The molecule has 1 aliphatic rings. The number of nitrogens with one attached hydrogen (secondary N) is 1. The van der Waals surface area contributed by atoms with Gasteiger partial charge in [0.05, 0.1) is 25.5 Å². The summed E-state index contributed by atoms with van der Waals surface area (Å²) < 4.78 is 20.4. The highest BCUT2D eigenvalue weighted by atomic mass is 19.1. The minimum absolute atomic E-state index is 0.0165. The van der Waals surface area contributed by atoms with Gasteiger partial charge in [0.15, 0.2) is 0 Å². The van der Waals surface area contributed by atoms with E-state index in [0.717, 1.165) is 30.7 Å². The van der Waals surface area contributed by atoms with Gasteiger partial charge >= 0.3 is 0 Å². The average molecular weight is 301 g/mol. The Balaban J connectivity index is 1.79. The molecule has 0 bridgehead atoms. The summed E-state index contributed by atoms with van der Waals surface area (Å²) in [6.07, 6.45) is 7.01. The Morgan fingerprint density at radius 1 is 1.32 bits per heavy atom. The molecule has 0 saturated carbocycles. The Labute approximate surface area is 129 Å². The van der Waals surface area contributed by atoms with Crippen LogP contribution in [0.3, 0.4) is 0 Å². The predicted octanol–water partition coefficient (Wildman–Crippen LogP) is 2.58. The normalized spacial score (nSPS) is 16.4. The number of benzene rings is 1. The van der Waals surface area contributed by atoms with Crippen LogP contribution in [0.2, 0.25) is 0 Å². The number of aryl methyl sites for hydroxylation is 1. The average Bonchev–Trinajstić information content (AvgIpc) is 2.97. The van der Waals surface area contributed by atoms with Gasteiger partial charge < -0.3 is 10.1 Å². The van der Waals surface area contributed by atoms with Crippen molar-refractivity contribution in [1.29, 1.82) is 0 Å². The molecule has 0 radical (unpaired) electrons. The molecule has 1 N–H and O–H groups in total. The summed E-state index contributed by atoms with van der Waals surface area (Å²) in [6, 6.07) is 6.58. The first-order chi connectivity index (χ1) is 10.7. The molecule has 1 atom stereocenters. The molecule has 1 aromatic carbocycles. The fraction of sp³-hybridized carbons (Fsp3) is 0.353. The predicted molar refractivity (Wildman–Crippen MR) is 83.0 cm³/mol. The van der Waals surface area contributed by atoms with Gasteiger partial charge in [-0.25, -0.2) is 4.39 Å². The smallest absolute Gasteiger partial charge is 0.123 e. The summed E-state index contributed by atoms with van der Waals surface area (Å²) in [5.41, 5.74) is 3.33. The minimum atomic E-state index is -0.225. The number of hydrogen-bond donors (Lipinski definition) is 1. The van der Waals surface area contributed by atoms with E-state index in [0.29, 0.717) is 6.61 Å². The van der Waals surface area contributed by atoms with Crippen molar-refractivity contribution in [1.82, 2.24) is 15.1 Å². The Bertz CT molecular complexity index is 648. The third-order valence-electron chi connectivity index (χ3n) is 3.78. The molecule has 3 rings (SSSR count). The first-order valence-corrected chi connectivity index (χ1v) is 7.45. The summed E-state index contributed by atoms with van der Waals surface area (Å²) >= 11 is 0. The van der Waals surface area contributed by atoms with Gasteiger partial charge in [-0.05, 0) is 29.7 Å². The minimum Gasteiger partial charge on any atom is -0.377 e. The van der Waals surface area contributed by atoms with Gasteiger partial charge in [-0.3, -0.25) is 4.68 Å². The summed E-state index contributed by atoms with van der Waals surface area (Å²) in [5.74, 6) is -0.225. The number of nitrogens with zero attached hydrogens (tertiary/aromatic N) is 2. The van der Waals surface area contributed by atoms with Crippen LogP contribution in [0.5, 0.6) is 0 Å². The largest absolute Gasteiger partial charge is 0.377 e. The molecular weight excluding hydrogens is 281 g/mol. The number of aromatic nitrogens is 2. The quantitative estimate of drug-likeness (QED) is 0.863. The second-order valence-corrected chi connectivity index (χ2v) is 5.52. The zero-order valence-electron chi connectivity index (χ0n) is 12.6. The Morgan fingerprint density at radius 3 is 2.77 bits per heavy atom. The molecule has 0 saturated heterocycles. The highest BCUT2D eigenvalue weighted by molar-refractivity contribution is 5.30. The second-order valence-electron chi connectivity index (χ2n) is 5.52. The van der Waals surface area contributed by atoms with E-state index in [1.807, 2.05) is 31.6 Å². The first kappa shape index (κ1) is 14.9. The van der Waals surface area contributed by atoms with Crippen molar-refractivity contribution in [2.75, 3.05) is 19.8 Å². The first-order valence-electron chi connectivity index (χ1n) is 7.45. The lowest BCUT2D eigenvalue weighted by atomic mass is 10.0. The maximum Gasteiger partial charge on any atom is 0.123 e. The van der Waals surface area contributed by atoms with E-state index in [4.69, 9.17) is 4.74 Å². The van der Waals surface area contributed by atoms with Crippen LogP contribution in [0.1, 0.15) is 23.6 Å². The maximum absolute atomic E-state index is 13.2. The number of hydrogen-bond acceptors (Lipinski definition) is 3. The van der Waals surface area contributed by atoms with E-state index in [1.54, 1.807) is 4.68 Å². The van der Waals surface area contributed by atoms with E-state index >= 15 is 0 Å². The third-order valence-corrected chi connectivity index (χ3v) is 3.78. The lowest BCUT2D eigenvalue weighted by molar-refractivity contribution is 0.148. The lowest BCUT2D eigenvalue weighted by Gasteiger charge is -2.21. The van der Waals surface area contributed by atoms with E-state index in [-0.39, 0.29) is 11.9 Å². The van der Waals surface area contributed by atoms with Gasteiger partial charge in [0.2, 0.25) is 0 Å². The van der Waals surface area contributed by atoms with Crippen molar-refractivity contribution in [2.45, 2.75) is 12.5 Å². The molecule has 0 amide bonds. The summed E-state index contributed by atoms with van der Waals surface area (Å²) in [7, 11) is 1.89. The van der Waals surface area contributed by atoms with Crippen LogP contribution in [0.4, 0.5) is 4.39 Å². The van der Waals surface area contributed by atoms with Gasteiger partial charge in [0.1, 0.15) is 5.82 Å². The van der Waals surface area contributed by atoms with E-state index in [9.17, 15) is 4.39 Å². The number of ether oxygens (including phenoxy) is 1. The van der Waals surface area contributed by atoms with E-state index in [1.165, 1.54) is 17.7 Å². The van der Waals surface area contributed by atoms with Crippen molar-refractivity contribution in [3.63, 3.8) is 0 Å². The third kappa shape index (κ3) is 3.61. The van der Waals surface area contributed by atoms with Crippen molar-refractivity contribution < 1.29 is 9.13 Å². The van der Waals surface area contributed by atoms with Gasteiger partial charge in [0, 0.05) is 25.4 Å². The van der Waals surface area contributed by atoms with Crippen molar-refractivity contribution >= 4 is 0 Å². The monoisotopic (exact) mass is 301 g/mol. The van der Waals surface area contributed by atoms with Crippen LogP contribution < -0.4 is 5.32 Å². The highest BCUT2D eigenvalue weighted by Gasteiger charge is 2.16. The molecule has 5 heteroatoms. The van der Waals surface area contributed by atoms with Crippen LogP contribution in [0.15, 0.2) is 48.3 Å². The Hall–Kier alpha value is -1.98. The zero-order chi connectivity index (χ0) is 15.4. The molecule has 1 aromatic heterocycles. The van der Waals surface area contributed by atoms with Gasteiger partial charge in [-0.1, -0.05) is 18.2 Å². The van der Waals surface area contributed by atoms with Crippen LogP contribution in [-0.2, 0) is 11.8 Å². The molecule has 2 heterocycles.